The van der Waals surface area contributed by atoms with Crippen molar-refractivity contribution in [2.45, 2.75) is 56.2 Å². The number of amides is 1. The molecule has 1 heterocycles. The van der Waals surface area contributed by atoms with E-state index in [0.29, 0.717) is 24.3 Å². The van der Waals surface area contributed by atoms with Gasteiger partial charge in [-0.05, 0) is 60.4 Å². The smallest absolute Gasteiger partial charge is 0.416 e. The van der Waals surface area contributed by atoms with E-state index in [2.05, 4.69) is 0 Å². The molecule has 0 saturated carbocycles. The molecule has 2 aromatic carbocycles. The third kappa shape index (κ3) is 5.22. The molecule has 1 N–H and O–H groups in total. The molecule has 3 atom stereocenters. The van der Waals surface area contributed by atoms with Crippen LogP contribution in [0.3, 0.4) is 0 Å². The SMILES string of the molecule is CC[C@@H]1C[C@@H](C(C#N)c2cc(C(F)(F)F)cc(C(F)(F)F)c2)c2cc(C(F)(F)F)ccc2N1C(=O)O. The first-order valence-electron chi connectivity index (χ1n) is 10.4. The van der Waals surface area contributed by atoms with Gasteiger partial charge in [-0.15, -0.1) is 0 Å². The van der Waals surface area contributed by atoms with Crippen molar-refractivity contribution >= 4 is 11.8 Å². The van der Waals surface area contributed by atoms with Crippen LogP contribution in [0, 0.1) is 11.3 Å². The Kier molecular flexibility index (Phi) is 6.96. The van der Waals surface area contributed by atoms with Crippen LogP contribution in [0.2, 0.25) is 0 Å². The number of carbonyl (C=O) groups is 1. The monoisotopic (exact) mass is 524 g/mol. The molecular weight excluding hydrogens is 507 g/mol. The molecule has 1 aliphatic rings. The molecule has 1 aliphatic heterocycles. The highest BCUT2D eigenvalue weighted by Crippen LogP contribution is 2.49. The van der Waals surface area contributed by atoms with Gasteiger partial charge in [0.2, 0.25) is 0 Å². The second-order valence-electron chi connectivity index (χ2n) is 8.27. The number of benzene rings is 2. The lowest BCUT2D eigenvalue weighted by Gasteiger charge is -2.41. The maximum absolute atomic E-state index is 13.4. The summed E-state index contributed by atoms with van der Waals surface area (Å²) < 4.78 is 121. The molecule has 0 bridgehead atoms. The molecule has 0 saturated heterocycles. The number of carboxylic acid groups (broad SMARTS) is 1. The number of rotatable bonds is 3. The summed E-state index contributed by atoms with van der Waals surface area (Å²) in [4.78, 5) is 12.7. The van der Waals surface area contributed by atoms with E-state index in [-0.39, 0.29) is 30.2 Å². The standard InChI is InChI=1S/C23H17F9N2O2/c1-2-15-9-16(17-8-12(21(24,25)26)3-4-19(17)34(15)20(35)36)18(10-33)11-5-13(22(27,28)29)7-14(6-11)23(30,31)32/h3-8,15-16,18H,2,9H2,1H3,(H,35,36)/t15-,16-,18?/m1/s1. The number of nitriles is 1. The van der Waals surface area contributed by atoms with Crippen molar-refractivity contribution in [3.05, 3.63) is 64.2 Å². The number of nitrogens with zero attached hydrogens (tertiary/aromatic N) is 2. The summed E-state index contributed by atoms with van der Waals surface area (Å²) in [6.07, 6.45) is -17.0. The summed E-state index contributed by atoms with van der Waals surface area (Å²) in [6, 6.07) is 3.46. The van der Waals surface area contributed by atoms with Gasteiger partial charge in [0, 0.05) is 12.0 Å². The molecule has 4 nitrogen and oxygen atoms in total. The van der Waals surface area contributed by atoms with Gasteiger partial charge in [0.25, 0.3) is 0 Å². The normalized spacial score (nSPS) is 19.4. The summed E-state index contributed by atoms with van der Waals surface area (Å²) in [7, 11) is 0. The number of halogens is 9. The Hall–Kier alpha value is -3.43. The quantitative estimate of drug-likeness (QED) is 0.417. The molecule has 0 fully saturated rings. The third-order valence-electron chi connectivity index (χ3n) is 6.09. The lowest BCUT2D eigenvalue weighted by Crippen LogP contribution is -2.44. The van der Waals surface area contributed by atoms with Gasteiger partial charge in [-0.2, -0.15) is 44.8 Å². The van der Waals surface area contributed by atoms with Crippen molar-refractivity contribution in [1.29, 1.82) is 5.26 Å². The first-order chi connectivity index (χ1) is 16.5. The highest BCUT2D eigenvalue weighted by atomic mass is 19.4. The zero-order valence-electron chi connectivity index (χ0n) is 18.3. The van der Waals surface area contributed by atoms with Crippen LogP contribution in [-0.2, 0) is 18.5 Å². The Morgan fingerprint density at radius 1 is 0.972 bits per heavy atom. The molecule has 2 aromatic rings. The Morgan fingerprint density at radius 2 is 1.50 bits per heavy atom. The zero-order valence-corrected chi connectivity index (χ0v) is 18.3. The van der Waals surface area contributed by atoms with E-state index in [4.69, 9.17) is 0 Å². The molecule has 194 valence electrons. The third-order valence-corrected chi connectivity index (χ3v) is 6.09. The van der Waals surface area contributed by atoms with Crippen LogP contribution in [0.1, 0.15) is 59.4 Å². The Bertz CT molecular complexity index is 1160. The summed E-state index contributed by atoms with van der Waals surface area (Å²) >= 11 is 0. The molecule has 0 radical (unpaired) electrons. The largest absolute Gasteiger partial charge is 0.465 e. The summed E-state index contributed by atoms with van der Waals surface area (Å²) in [5, 5.41) is 19.5. The van der Waals surface area contributed by atoms with Gasteiger partial charge in [-0.25, -0.2) is 4.79 Å². The molecule has 0 aliphatic carbocycles. The highest BCUT2D eigenvalue weighted by Gasteiger charge is 2.43. The fourth-order valence-corrected chi connectivity index (χ4v) is 4.45. The van der Waals surface area contributed by atoms with Crippen LogP contribution >= 0.6 is 0 Å². The molecule has 1 unspecified atom stereocenters. The van der Waals surface area contributed by atoms with E-state index in [1.807, 2.05) is 0 Å². The topological polar surface area (TPSA) is 64.3 Å². The zero-order chi connectivity index (χ0) is 27.2. The maximum Gasteiger partial charge on any atom is 0.416 e. The van der Waals surface area contributed by atoms with E-state index < -0.39 is 64.8 Å². The maximum atomic E-state index is 13.4. The minimum Gasteiger partial charge on any atom is -0.465 e. The van der Waals surface area contributed by atoms with Crippen molar-refractivity contribution < 1.29 is 49.4 Å². The van der Waals surface area contributed by atoms with Gasteiger partial charge in [-0.1, -0.05) is 6.92 Å². The molecule has 0 aromatic heterocycles. The summed E-state index contributed by atoms with van der Waals surface area (Å²) in [5.41, 5.74) is -5.77. The van der Waals surface area contributed by atoms with Gasteiger partial charge in [-0.3, -0.25) is 4.90 Å². The minimum absolute atomic E-state index is 0.116. The fourth-order valence-electron chi connectivity index (χ4n) is 4.45. The predicted octanol–water partition coefficient (Wildman–Crippen LogP) is 7.80. The average Bonchev–Trinajstić information content (AvgIpc) is 2.76. The van der Waals surface area contributed by atoms with E-state index in [9.17, 15) is 54.7 Å². The van der Waals surface area contributed by atoms with Crippen LogP contribution in [0.4, 0.5) is 50.0 Å². The second-order valence-corrected chi connectivity index (χ2v) is 8.27. The van der Waals surface area contributed by atoms with Gasteiger partial charge < -0.3 is 5.11 Å². The van der Waals surface area contributed by atoms with Crippen molar-refractivity contribution in [3.8, 4) is 6.07 Å². The number of hydrogen-bond donors (Lipinski definition) is 1. The van der Waals surface area contributed by atoms with Gasteiger partial charge in [0.05, 0.1) is 34.4 Å². The molecule has 13 heteroatoms. The van der Waals surface area contributed by atoms with Crippen molar-refractivity contribution in [1.82, 2.24) is 0 Å². The van der Waals surface area contributed by atoms with Gasteiger partial charge >= 0.3 is 24.6 Å². The number of fused-ring (bicyclic) bond motifs is 1. The predicted molar refractivity (Wildman–Crippen MR) is 108 cm³/mol. The second kappa shape index (κ2) is 9.22. The Balaban J connectivity index is 2.28. The molecular formula is C23H17F9N2O2. The molecule has 0 spiro atoms. The first kappa shape index (κ1) is 27.2. The van der Waals surface area contributed by atoms with E-state index >= 15 is 0 Å². The van der Waals surface area contributed by atoms with Crippen molar-refractivity contribution in [2.24, 2.45) is 0 Å². The van der Waals surface area contributed by atoms with Crippen molar-refractivity contribution in [3.63, 3.8) is 0 Å². The average molecular weight is 524 g/mol. The Labute approximate surface area is 198 Å². The lowest BCUT2D eigenvalue weighted by molar-refractivity contribution is -0.143. The first-order valence-corrected chi connectivity index (χ1v) is 10.4. The Morgan fingerprint density at radius 3 is 1.92 bits per heavy atom. The molecule has 1 amide bonds. The van der Waals surface area contributed by atoms with Crippen LogP contribution in [-0.4, -0.2) is 17.2 Å². The number of anilines is 1. The van der Waals surface area contributed by atoms with E-state index in [1.165, 1.54) is 0 Å². The van der Waals surface area contributed by atoms with Crippen LogP contribution in [0.5, 0.6) is 0 Å². The summed E-state index contributed by atoms with van der Waals surface area (Å²) in [6.45, 7) is 1.56. The highest BCUT2D eigenvalue weighted by molar-refractivity contribution is 5.89. The fraction of sp³-hybridized carbons (Fsp3) is 0.391. The minimum atomic E-state index is -5.20. The number of hydrogen-bond acceptors (Lipinski definition) is 2. The van der Waals surface area contributed by atoms with Gasteiger partial charge in [0.15, 0.2) is 0 Å². The van der Waals surface area contributed by atoms with Crippen LogP contribution in [0.15, 0.2) is 36.4 Å². The number of alkyl halides is 9. The van der Waals surface area contributed by atoms with E-state index in [1.54, 1.807) is 13.0 Å². The van der Waals surface area contributed by atoms with Crippen molar-refractivity contribution in [2.75, 3.05) is 4.90 Å². The van der Waals surface area contributed by atoms with Crippen LogP contribution in [0.25, 0.3) is 0 Å². The molecule has 3 rings (SSSR count). The van der Waals surface area contributed by atoms with Crippen LogP contribution < -0.4 is 4.90 Å². The van der Waals surface area contributed by atoms with E-state index in [0.717, 1.165) is 11.0 Å². The molecule has 36 heavy (non-hydrogen) atoms. The lowest BCUT2D eigenvalue weighted by atomic mass is 9.74. The summed E-state index contributed by atoms with van der Waals surface area (Å²) in [5.74, 6) is -3.06. The van der Waals surface area contributed by atoms with Gasteiger partial charge in [0.1, 0.15) is 0 Å².